The highest BCUT2D eigenvalue weighted by atomic mass is 35.5. The van der Waals surface area contributed by atoms with Crippen molar-refractivity contribution in [3.05, 3.63) is 41.0 Å². The summed E-state index contributed by atoms with van der Waals surface area (Å²) < 4.78 is 0. The van der Waals surface area contributed by atoms with Gasteiger partial charge in [-0.15, -0.1) is 0 Å². The van der Waals surface area contributed by atoms with Crippen LogP contribution in [0.2, 0.25) is 5.02 Å². The Morgan fingerprint density at radius 2 is 1.64 bits per heavy atom. The summed E-state index contributed by atoms with van der Waals surface area (Å²) in [7, 11) is 0. The number of carbonyl (C=O) groups excluding carboxylic acids is 1. The molecule has 4 rings (SSSR count). The normalized spacial score (nSPS) is 17.1. The highest BCUT2D eigenvalue weighted by Gasteiger charge is 2.23. The van der Waals surface area contributed by atoms with Crippen LogP contribution in [0.5, 0.6) is 0 Å². The standard InChI is InChI=1S/C20H25ClN6O/c1-15-14-18(24-19(22-15)26-8-2-3-9-26)25-10-12-27(13-11-25)20(28)23-17-6-4-16(21)5-7-17/h4-7,14H,2-3,8-13H2,1H3,(H,23,28). The third-order valence-corrected chi connectivity index (χ3v) is 5.46. The Labute approximate surface area is 170 Å². The van der Waals surface area contributed by atoms with E-state index in [0.717, 1.165) is 49.3 Å². The number of nitrogens with one attached hydrogen (secondary N) is 1. The van der Waals surface area contributed by atoms with Gasteiger partial charge < -0.3 is 20.0 Å². The number of hydrogen-bond acceptors (Lipinski definition) is 5. The number of rotatable bonds is 3. The summed E-state index contributed by atoms with van der Waals surface area (Å²) in [6.45, 7) is 6.89. The van der Waals surface area contributed by atoms with Gasteiger partial charge in [0.05, 0.1) is 0 Å². The number of halogens is 1. The van der Waals surface area contributed by atoms with Crippen molar-refractivity contribution in [3.8, 4) is 0 Å². The number of carbonyl (C=O) groups is 1. The van der Waals surface area contributed by atoms with E-state index in [9.17, 15) is 4.79 Å². The number of benzene rings is 1. The van der Waals surface area contributed by atoms with E-state index >= 15 is 0 Å². The first kappa shape index (κ1) is 18.8. The van der Waals surface area contributed by atoms with Gasteiger partial charge in [-0.2, -0.15) is 4.98 Å². The molecule has 8 heteroatoms. The second-order valence-corrected chi connectivity index (χ2v) is 7.71. The van der Waals surface area contributed by atoms with Crippen LogP contribution in [0.25, 0.3) is 0 Å². The molecule has 28 heavy (non-hydrogen) atoms. The molecule has 2 aliphatic rings. The van der Waals surface area contributed by atoms with Gasteiger partial charge >= 0.3 is 6.03 Å². The molecular formula is C20H25ClN6O. The third-order valence-electron chi connectivity index (χ3n) is 5.20. The van der Waals surface area contributed by atoms with Crippen LogP contribution in [0.4, 0.5) is 22.2 Å². The highest BCUT2D eigenvalue weighted by molar-refractivity contribution is 6.30. The minimum Gasteiger partial charge on any atom is -0.353 e. The third kappa shape index (κ3) is 4.30. The van der Waals surface area contributed by atoms with E-state index in [1.165, 1.54) is 12.8 Å². The van der Waals surface area contributed by atoms with Crippen LogP contribution >= 0.6 is 11.6 Å². The summed E-state index contributed by atoms with van der Waals surface area (Å²) in [5.41, 5.74) is 1.73. The predicted octanol–water partition coefficient (Wildman–Crippen LogP) is 3.39. The smallest absolute Gasteiger partial charge is 0.321 e. The first-order valence-corrected chi connectivity index (χ1v) is 10.1. The molecule has 2 aromatic rings. The number of piperazine rings is 1. The van der Waals surface area contributed by atoms with E-state index in [0.29, 0.717) is 18.1 Å². The van der Waals surface area contributed by atoms with Crippen LogP contribution in [0, 0.1) is 6.92 Å². The highest BCUT2D eigenvalue weighted by Crippen LogP contribution is 2.22. The molecular weight excluding hydrogens is 376 g/mol. The molecule has 0 spiro atoms. The van der Waals surface area contributed by atoms with Crippen molar-refractivity contribution in [1.82, 2.24) is 14.9 Å². The molecule has 0 unspecified atom stereocenters. The maximum atomic E-state index is 12.5. The predicted molar refractivity (Wildman–Crippen MR) is 112 cm³/mol. The topological polar surface area (TPSA) is 64.6 Å². The van der Waals surface area contributed by atoms with Crippen molar-refractivity contribution in [2.45, 2.75) is 19.8 Å². The second-order valence-electron chi connectivity index (χ2n) is 7.27. The fourth-order valence-electron chi connectivity index (χ4n) is 3.63. The number of hydrogen-bond donors (Lipinski definition) is 1. The lowest BCUT2D eigenvalue weighted by molar-refractivity contribution is 0.208. The lowest BCUT2D eigenvalue weighted by atomic mass is 10.3. The number of aromatic nitrogens is 2. The van der Waals surface area contributed by atoms with Crippen LogP contribution in [0.15, 0.2) is 30.3 Å². The van der Waals surface area contributed by atoms with Gasteiger partial charge in [0.15, 0.2) is 0 Å². The largest absolute Gasteiger partial charge is 0.353 e. The van der Waals surface area contributed by atoms with Crippen LogP contribution in [-0.2, 0) is 0 Å². The lowest BCUT2D eigenvalue weighted by Gasteiger charge is -2.35. The quantitative estimate of drug-likeness (QED) is 0.855. The summed E-state index contributed by atoms with van der Waals surface area (Å²) in [5.74, 6) is 1.78. The molecule has 1 N–H and O–H groups in total. The van der Waals surface area contributed by atoms with Gasteiger partial charge in [-0.3, -0.25) is 0 Å². The van der Waals surface area contributed by atoms with E-state index < -0.39 is 0 Å². The van der Waals surface area contributed by atoms with Gasteiger partial charge in [-0.05, 0) is 44.0 Å². The first-order chi connectivity index (χ1) is 13.6. The molecule has 1 aromatic carbocycles. The SMILES string of the molecule is Cc1cc(N2CCN(C(=O)Nc3ccc(Cl)cc3)CC2)nc(N2CCCC2)n1. The summed E-state index contributed by atoms with van der Waals surface area (Å²) in [4.78, 5) is 28.2. The van der Waals surface area contributed by atoms with Gasteiger partial charge in [0.2, 0.25) is 5.95 Å². The van der Waals surface area contributed by atoms with Crippen LogP contribution in [0.1, 0.15) is 18.5 Å². The Hall–Kier alpha value is -2.54. The van der Waals surface area contributed by atoms with Crippen molar-refractivity contribution in [2.75, 3.05) is 54.4 Å². The Morgan fingerprint density at radius 3 is 2.32 bits per heavy atom. The van der Waals surface area contributed by atoms with Crippen molar-refractivity contribution >= 4 is 35.1 Å². The van der Waals surface area contributed by atoms with Gasteiger partial charge in [0.25, 0.3) is 0 Å². The van der Waals surface area contributed by atoms with Gasteiger partial charge in [-0.1, -0.05) is 11.6 Å². The van der Waals surface area contributed by atoms with Gasteiger partial charge in [-0.25, -0.2) is 9.78 Å². The van der Waals surface area contributed by atoms with Gasteiger partial charge in [0, 0.05) is 61.7 Å². The fourth-order valence-corrected chi connectivity index (χ4v) is 3.76. The molecule has 0 bridgehead atoms. The molecule has 0 aliphatic carbocycles. The molecule has 0 saturated carbocycles. The summed E-state index contributed by atoms with van der Waals surface area (Å²) >= 11 is 5.89. The molecule has 2 aliphatic heterocycles. The minimum absolute atomic E-state index is 0.0846. The van der Waals surface area contributed by atoms with E-state index in [2.05, 4.69) is 20.1 Å². The van der Waals surface area contributed by atoms with Crippen molar-refractivity contribution in [2.24, 2.45) is 0 Å². The molecule has 2 amide bonds. The average molecular weight is 401 g/mol. The second kappa shape index (κ2) is 8.22. The van der Waals surface area contributed by atoms with E-state index in [4.69, 9.17) is 16.6 Å². The minimum atomic E-state index is -0.0846. The van der Waals surface area contributed by atoms with Crippen molar-refractivity contribution in [3.63, 3.8) is 0 Å². The Bertz CT molecular complexity index is 829. The van der Waals surface area contributed by atoms with Crippen molar-refractivity contribution in [1.29, 1.82) is 0 Å². The molecule has 0 radical (unpaired) electrons. The molecule has 2 fully saturated rings. The number of amides is 2. The van der Waals surface area contributed by atoms with E-state index in [1.807, 2.05) is 17.9 Å². The summed E-state index contributed by atoms with van der Waals surface area (Å²) in [5, 5.41) is 3.58. The van der Waals surface area contributed by atoms with E-state index in [-0.39, 0.29) is 6.03 Å². The fraction of sp³-hybridized carbons (Fsp3) is 0.450. The molecule has 148 valence electrons. The number of nitrogens with zero attached hydrogens (tertiary/aromatic N) is 5. The average Bonchev–Trinajstić information content (AvgIpc) is 3.24. The number of aryl methyl sites for hydroxylation is 1. The Balaban J connectivity index is 1.37. The zero-order valence-corrected chi connectivity index (χ0v) is 16.8. The Morgan fingerprint density at radius 1 is 0.964 bits per heavy atom. The van der Waals surface area contributed by atoms with Crippen LogP contribution < -0.4 is 15.1 Å². The number of urea groups is 1. The van der Waals surface area contributed by atoms with Crippen LogP contribution in [0.3, 0.4) is 0 Å². The maximum absolute atomic E-state index is 12.5. The maximum Gasteiger partial charge on any atom is 0.321 e. The monoisotopic (exact) mass is 400 g/mol. The lowest BCUT2D eigenvalue weighted by Crippen LogP contribution is -2.50. The zero-order valence-electron chi connectivity index (χ0n) is 16.1. The van der Waals surface area contributed by atoms with Crippen LogP contribution in [-0.4, -0.2) is 60.2 Å². The molecule has 2 saturated heterocycles. The van der Waals surface area contributed by atoms with E-state index in [1.54, 1.807) is 24.3 Å². The summed E-state index contributed by atoms with van der Waals surface area (Å²) in [6, 6.07) is 9.09. The summed E-state index contributed by atoms with van der Waals surface area (Å²) in [6.07, 6.45) is 2.40. The van der Waals surface area contributed by atoms with Gasteiger partial charge in [0.1, 0.15) is 5.82 Å². The molecule has 1 aromatic heterocycles. The number of anilines is 3. The van der Waals surface area contributed by atoms with Crippen molar-refractivity contribution < 1.29 is 4.79 Å². The first-order valence-electron chi connectivity index (χ1n) is 9.75. The molecule has 7 nitrogen and oxygen atoms in total. The Kier molecular flexibility index (Phi) is 5.52. The zero-order chi connectivity index (χ0) is 19.5. The molecule has 3 heterocycles. The molecule has 0 atom stereocenters.